The molecule has 7 heteroatoms. The average molecular weight is 445 g/mol. The molecule has 1 aromatic carbocycles. The number of allylic oxidation sites excluding steroid dienone is 2. The van der Waals surface area contributed by atoms with Gasteiger partial charge in [-0.3, -0.25) is 4.79 Å². The van der Waals surface area contributed by atoms with Gasteiger partial charge in [-0.25, -0.2) is 9.97 Å². The van der Waals surface area contributed by atoms with E-state index in [1.165, 1.54) is 0 Å². The molecule has 3 rings (SSSR count). The largest absolute Gasteiger partial charge is 0.369 e. The molecule has 0 radical (unpaired) electrons. The van der Waals surface area contributed by atoms with Crippen molar-refractivity contribution in [2.45, 2.75) is 13.8 Å². The van der Waals surface area contributed by atoms with Gasteiger partial charge in [0.1, 0.15) is 11.6 Å². The number of hydrogen-bond acceptors (Lipinski definition) is 6. The second-order valence-corrected chi connectivity index (χ2v) is 8.01. The Bertz CT molecular complexity index is 1170. The molecule has 0 saturated carbocycles. The number of carbonyl (C=O) groups is 1. The summed E-state index contributed by atoms with van der Waals surface area (Å²) in [5.41, 5.74) is 2.72. The zero-order valence-electron chi connectivity index (χ0n) is 20.0. The minimum atomic E-state index is -0.224. The highest BCUT2D eigenvalue weighted by Crippen LogP contribution is 2.25. The second-order valence-electron chi connectivity index (χ2n) is 8.01. The van der Waals surface area contributed by atoms with Crippen LogP contribution in [0, 0.1) is 0 Å². The Balaban J connectivity index is 1.78. The van der Waals surface area contributed by atoms with E-state index in [4.69, 9.17) is 0 Å². The highest BCUT2D eigenvalue weighted by atomic mass is 16.1. The maximum Gasteiger partial charge on any atom is 0.257 e. The summed E-state index contributed by atoms with van der Waals surface area (Å²) in [5.74, 6) is 0.954. The van der Waals surface area contributed by atoms with Crippen molar-refractivity contribution in [2.24, 2.45) is 0 Å². The molecule has 0 bridgehead atoms. The lowest BCUT2D eigenvalue weighted by atomic mass is 10.1. The molecule has 2 heterocycles. The number of benzene rings is 1. The van der Waals surface area contributed by atoms with Crippen LogP contribution < -0.4 is 10.6 Å². The lowest BCUT2D eigenvalue weighted by Crippen LogP contribution is -2.21. The molecule has 0 unspecified atom stereocenters. The van der Waals surface area contributed by atoms with Crippen molar-refractivity contribution in [2.75, 3.05) is 44.9 Å². The monoisotopic (exact) mass is 444 g/mol. The van der Waals surface area contributed by atoms with Gasteiger partial charge in [0.05, 0.1) is 0 Å². The molecule has 0 spiro atoms. The summed E-state index contributed by atoms with van der Waals surface area (Å²) in [6, 6.07) is 11.6. The van der Waals surface area contributed by atoms with Crippen molar-refractivity contribution in [3.63, 3.8) is 0 Å². The van der Waals surface area contributed by atoms with Gasteiger partial charge in [-0.15, -0.1) is 0 Å². The molecular weight excluding hydrogens is 412 g/mol. The number of rotatable bonds is 9. The molecule has 0 aliphatic carbocycles. The fourth-order valence-electron chi connectivity index (χ4n) is 3.51. The van der Waals surface area contributed by atoms with Crippen LogP contribution in [0.2, 0.25) is 0 Å². The Morgan fingerprint density at radius 1 is 0.970 bits per heavy atom. The van der Waals surface area contributed by atoms with Crippen LogP contribution in [0.1, 0.15) is 29.8 Å². The lowest BCUT2D eigenvalue weighted by Gasteiger charge is -2.19. The first kappa shape index (κ1) is 23.9. The second kappa shape index (κ2) is 11.2. The molecule has 0 fully saturated rings. The van der Waals surface area contributed by atoms with E-state index in [9.17, 15) is 4.79 Å². The van der Waals surface area contributed by atoms with Gasteiger partial charge in [0.15, 0.2) is 0 Å². The van der Waals surface area contributed by atoms with Crippen LogP contribution in [-0.4, -0.2) is 59.9 Å². The quantitative estimate of drug-likeness (QED) is 0.499. The average Bonchev–Trinajstić information content (AvgIpc) is 2.79. The molecule has 0 atom stereocenters. The fourth-order valence-corrected chi connectivity index (χ4v) is 3.51. The number of nitrogens with one attached hydrogen (secondary N) is 2. The number of carbonyl (C=O) groups excluding carboxylic acids is 1. The minimum Gasteiger partial charge on any atom is -0.369 e. The minimum absolute atomic E-state index is 0.224. The van der Waals surface area contributed by atoms with Crippen LogP contribution in [0.15, 0.2) is 67.1 Å². The maximum absolute atomic E-state index is 12.8. The summed E-state index contributed by atoms with van der Waals surface area (Å²) in [6.45, 7) is 5.64. The van der Waals surface area contributed by atoms with E-state index in [0.29, 0.717) is 17.2 Å². The van der Waals surface area contributed by atoms with Crippen LogP contribution in [0.25, 0.3) is 16.5 Å². The van der Waals surface area contributed by atoms with Gasteiger partial charge in [-0.2, -0.15) is 0 Å². The molecule has 172 valence electrons. The van der Waals surface area contributed by atoms with E-state index in [-0.39, 0.29) is 5.91 Å². The first-order chi connectivity index (χ1) is 15.9. The van der Waals surface area contributed by atoms with Crippen LogP contribution in [-0.2, 0) is 0 Å². The normalized spacial score (nSPS) is 11.9. The molecule has 0 saturated heterocycles. The number of hydrogen-bond donors (Lipinski definition) is 2. The molecule has 7 nitrogen and oxygen atoms in total. The van der Waals surface area contributed by atoms with Gasteiger partial charge in [-0.1, -0.05) is 24.3 Å². The number of amides is 1. The Kier molecular flexibility index (Phi) is 8.16. The SMILES string of the molecule is C/C=C\N(C)/C(=C\C)c1ccc2cnc(NC(=O)c3ccnc(NCCN(C)C)c3)cc2c1. The highest BCUT2D eigenvalue weighted by Gasteiger charge is 2.10. The predicted molar refractivity (Wildman–Crippen MR) is 137 cm³/mol. The van der Waals surface area contributed by atoms with Crippen LogP contribution in [0.5, 0.6) is 0 Å². The molecule has 0 aliphatic rings. The number of nitrogens with zero attached hydrogens (tertiary/aromatic N) is 4. The van der Waals surface area contributed by atoms with Gasteiger partial charge in [0.2, 0.25) is 0 Å². The van der Waals surface area contributed by atoms with E-state index < -0.39 is 0 Å². The highest BCUT2D eigenvalue weighted by molar-refractivity contribution is 6.05. The zero-order chi connectivity index (χ0) is 23.8. The Morgan fingerprint density at radius 2 is 1.79 bits per heavy atom. The summed E-state index contributed by atoms with van der Waals surface area (Å²) >= 11 is 0. The predicted octanol–water partition coefficient (Wildman–Crippen LogP) is 4.68. The van der Waals surface area contributed by atoms with Gasteiger partial charge in [0.25, 0.3) is 5.91 Å². The van der Waals surface area contributed by atoms with E-state index in [2.05, 4.69) is 48.6 Å². The summed E-state index contributed by atoms with van der Waals surface area (Å²) in [4.78, 5) is 25.7. The standard InChI is InChI=1S/C26H32N6O/c1-6-13-32(5)23(7-2)19-8-9-21-18-29-25(17-22(21)15-19)30-26(33)20-10-11-27-24(16-20)28-12-14-31(3)4/h6-11,13,15-18H,12,14H2,1-5H3,(H,27,28)(H,29,30,33)/b13-6-,23-7-. The number of fused-ring (bicyclic) bond motifs is 1. The van der Waals surface area contributed by atoms with Crippen molar-refractivity contribution in [3.8, 4) is 0 Å². The number of pyridine rings is 2. The van der Waals surface area contributed by atoms with Gasteiger partial charge in [-0.05, 0) is 69.4 Å². The third kappa shape index (κ3) is 6.40. The molecule has 1 amide bonds. The van der Waals surface area contributed by atoms with Crippen LogP contribution in [0.4, 0.5) is 11.6 Å². The molecule has 3 aromatic rings. The van der Waals surface area contributed by atoms with Crippen molar-refractivity contribution in [3.05, 3.63) is 78.3 Å². The van der Waals surface area contributed by atoms with Crippen molar-refractivity contribution in [1.82, 2.24) is 19.8 Å². The van der Waals surface area contributed by atoms with Crippen molar-refractivity contribution in [1.29, 1.82) is 0 Å². The Morgan fingerprint density at radius 3 is 2.52 bits per heavy atom. The summed E-state index contributed by atoms with van der Waals surface area (Å²) in [6.07, 6.45) is 9.52. The third-order valence-corrected chi connectivity index (χ3v) is 5.17. The molecule has 2 N–H and O–H groups in total. The van der Waals surface area contributed by atoms with Gasteiger partial charge in [0, 0.05) is 49.2 Å². The molecule has 2 aromatic heterocycles. The number of aromatic nitrogens is 2. The van der Waals surface area contributed by atoms with Crippen molar-refractivity contribution < 1.29 is 4.79 Å². The lowest BCUT2D eigenvalue weighted by molar-refractivity contribution is 0.102. The van der Waals surface area contributed by atoms with Crippen LogP contribution in [0.3, 0.4) is 0 Å². The maximum atomic E-state index is 12.8. The van der Waals surface area contributed by atoms with Crippen LogP contribution >= 0.6 is 0 Å². The number of anilines is 2. The Hall–Kier alpha value is -3.71. The van der Waals surface area contributed by atoms with Crippen molar-refractivity contribution >= 4 is 34.0 Å². The Labute approximate surface area is 195 Å². The molecular formula is C26H32N6O. The summed E-state index contributed by atoms with van der Waals surface area (Å²) in [7, 11) is 6.05. The van der Waals surface area contributed by atoms with E-state index >= 15 is 0 Å². The van der Waals surface area contributed by atoms with Gasteiger partial charge >= 0.3 is 0 Å². The summed E-state index contributed by atoms with van der Waals surface area (Å²) in [5, 5.41) is 8.16. The zero-order valence-corrected chi connectivity index (χ0v) is 20.0. The molecule has 0 aliphatic heterocycles. The fraction of sp³-hybridized carbons (Fsp3) is 0.269. The molecule has 33 heavy (non-hydrogen) atoms. The number of likely N-dealkylation sites (N-methyl/N-ethyl adjacent to an activating group) is 1. The third-order valence-electron chi connectivity index (χ3n) is 5.17. The topological polar surface area (TPSA) is 73.4 Å². The van der Waals surface area contributed by atoms with E-state index in [1.54, 1.807) is 24.5 Å². The first-order valence-electron chi connectivity index (χ1n) is 11.0. The van der Waals surface area contributed by atoms with E-state index in [0.717, 1.165) is 35.1 Å². The first-order valence-corrected chi connectivity index (χ1v) is 11.0. The van der Waals surface area contributed by atoms with Gasteiger partial charge < -0.3 is 20.4 Å². The van der Waals surface area contributed by atoms with E-state index in [1.807, 2.05) is 59.4 Å². The smallest absolute Gasteiger partial charge is 0.257 e. The summed E-state index contributed by atoms with van der Waals surface area (Å²) < 4.78 is 0.